The van der Waals surface area contributed by atoms with Gasteiger partial charge in [0.15, 0.2) is 0 Å². The maximum absolute atomic E-state index is 10.1. The maximum Gasteiger partial charge on any atom is 0.0585 e. The SMILES string of the molecule is CC1=C(/C=C/C(C)=C/C=C/C(C)=C\CC/C=C(C)/C=C/C=C(C)/C=C/C2=C(C)C[C@@H](O)CC2(C)C)C(C)(C)C[C@H](O)C1. The van der Waals surface area contributed by atoms with Crippen LogP contribution in [0.3, 0.4) is 0 Å². The summed E-state index contributed by atoms with van der Waals surface area (Å²) in [5, 5.41) is 20.2. The standard InChI is InChI=1S/C40H58O2/c1-29(17-13-19-31(3)21-23-37-33(5)25-35(41)27-39(37,7)8)15-11-12-16-30(2)18-14-20-32(4)22-24-38-34(6)26-36(42)28-40(38,9)10/h13-24,35-36,41-42H,11-12,25-28H2,1-10H3/b17-13+,18-14+,23-21+,24-22+,29-15-,30-16+,31-19+,32-20+/t35-,36-/m1/s1. The smallest absolute Gasteiger partial charge is 0.0585 e. The fourth-order valence-electron chi connectivity index (χ4n) is 6.36. The van der Waals surface area contributed by atoms with Crippen LogP contribution in [0.5, 0.6) is 0 Å². The molecular weight excluding hydrogens is 512 g/mol. The van der Waals surface area contributed by atoms with E-state index in [4.69, 9.17) is 0 Å². The van der Waals surface area contributed by atoms with E-state index in [-0.39, 0.29) is 23.0 Å². The lowest BCUT2D eigenvalue weighted by molar-refractivity contribution is 0.116. The second-order valence-corrected chi connectivity index (χ2v) is 14.0. The minimum absolute atomic E-state index is 0.0131. The monoisotopic (exact) mass is 570 g/mol. The molecule has 0 aromatic rings. The summed E-state index contributed by atoms with van der Waals surface area (Å²) >= 11 is 0. The molecule has 2 rings (SSSR count). The predicted octanol–water partition coefficient (Wildman–Crippen LogP) is 10.8. The Hall–Kier alpha value is -2.68. The molecule has 42 heavy (non-hydrogen) atoms. The molecular formula is C40H58O2. The van der Waals surface area contributed by atoms with Crippen LogP contribution < -0.4 is 0 Å². The van der Waals surface area contributed by atoms with Crippen LogP contribution in [-0.4, -0.2) is 22.4 Å². The highest BCUT2D eigenvalue weighted by Gasteiger charge is 2.32. The average Bonchev–Trinajstić information content (AvgIpc) is 2.84. The Morgan fingerprint density at radius 1 is 0.619 bits per heavy atom. The van der Waals surface area contributed by atoms with Crippen LogP contribution in [0.4, 0.5) is 0 Å². The molecule has 0 saturated carbocycles. The van der Waals surface area contributed by atoms with Gasteiger partial charge < -0.3 is 10.2 Å². The van der Waals surface area contributed by atoms with Gasteiger partial charge in [-0.05, 0) is 102 Å². The van der Waals surface area contributed by atoms with Crippen molar-refractivity contribution >= 4 is 0 Å². The van der Waals surface area contributed by atoms with E-state index in [0.717, 1.165) is 38.5 Å². The van der Waals surface area contributed by atoms with E-state index in [1.807, 2.05) is 0 Å². The van der Waals surface area contributed by atoms with E-state index in [1.165, 1.54) is 44.6 Å². The summed E-state index contributed by atoms with van der Waals surface area (Å²) in [4.78, 5) is 0. The molecule has 2 N–H and O–H groups in total. The van der Waals surface area contributed by atoms with Crippen LogP contribution in [0, 0.1) is 10.8 Å². The van der Waals surface area contributed by atoms with Crippen molar-refractivity contribution in [3.8, 4) is 0 Å². The van der Waals surface area contributed by atoms with E-state index >= 15 is 0 Å². The molecule has 2 aliphatic carbocycles. The molecule has 0 amide bonds. The zero-order valence-electron chi connectivity index (χ0n) is 28.2. The Morgan fingerprint density at radius 3 is 1.31 bits per heavy atom. The van der Waals surface area contributed by atoms with Gasteiger partial charge in [-0.15, -0.1) is 0 Å². The first-order chi connectivity index (χ1) is 19.6. The van der Waals surface area contributed by atoms with Crippen molar-refractivity contribution in [3.05, 3.63) is 117 Å². The number of hydrogen-bond donors (Lipinski definition) is 2. The van der Waals surface area contributed by atoms with Crippen LogP contribution in [0.2, 0.25) is 0 Å². The van der Waals surface area contributed by atoms with Crippen molar-refractivity contribution in [2.75, 3.05) is 0 Å². The molecule has 0 unspecified atom stereocenters. The van der Waals surface area contributed by atoms with Gasteiger partial charge in [-0.25, -0.2) is 0 Å². The van der Waals surface area contributed by atoms with Gasteiger partial charge in [0.1, 0.15) is 0 Å². The number of unbranched alkanes of at least 4 members (excludes halogenated alkanes) is 1. The van der Waals surface area contributed by atoms with Crippen LogP contribution in [-0.2, 0) is 0 Å². The Labute approximate surface area is 258 Å². The number of rotatable bonds is 11. The van der Waals surface area contributed by atoms with Crippen molar-refractivity contribution in [2.24, 2.45) is 10.8 Å². The highest BCUT2D eigenvalue weighted by Crippen LogP contribution is 2.42. The normalized spacial score (nSPS) is 24.9. The van der Waals surface area contributed by atoms with Gasteiger partial charge in [0, 0.05) is 0 Å². The van der Waals surface area contributed by atoms with E-state index in [0.29, 0.717) is 0 Å². The highest BCUT2D eigenvalue weighted by atomic mass is 16.3. The quantitative estimate of drug-likeness (QED) is 0.192. The Kier molecular flexibility index (Phi) is 13.7. The third-order valence-corrected chi connectivity index (χ3v) is 8.51. The Bertz CT molecular complexity index is 1150. The summed E-state index contributed by atoms with van der Waals surface area (Å²) in [5.74, 6) is 0. The van der Waals surface area contributed by atoms with Crippen LogP contribution in [0.1, 0.15) is 108 Å². The van der Waals surface area contributed by atoms with Gasteiger partial charge in [0.05, 0.1) is 12.2 Å². The van der Waals surface area contributed by atoms with Gasteiger partial charge in [-0.2, -0.15) is 0 Å². The van der Waals surface area contributed by atoms with Gasteiger partial charge in [0.2, 0.25) is 0 Å². The van der Waals surface area contributed by atoms with Gasteiger partial charge in [0.25, 0.3) is 0 Å². The van der Waals surface area contributed by atoms with E-state index in [2.05, 4.69) is 142 Å². The zero-order valence-corrected chi connectivity index (χ0v) is 28.2. The lowest BCUT2D eigenvalue weighted by atomic mass is 9.71. The molecule has 0 saturated heterocycles. The van der Waals surface area contributed by atoms with E-state index < -0.39 is 0 Å². The van der Waals surface area contributed by atoms with Crippen molar-refractivity contribution in [1.29, 1.82) is 0 Å². The fraction of sp³-hybridized carbons (Fsp3) is 0.500. The molecule has 2 heteroatoms. The van der Waals surface area contributed by atoms with E-state index in [9.17, 15) is 10.2 Å². The van der Waals surface area contributed by atoms with Crippen molar-refractivity contribution in [2.45, 2.75) is 120 Å². The number of allylic oxidation sites excluding steroid dienone is 18. The molecule has 0 aliphatic heterocycles. The first-order valence-corrected chi connectivity index (χ1v) is 15.8. The molecule has 2 nitrogen and oxygen atoms in total. The molecule has 2 aliphatic rings. The number of aliphatic hydroxyl groups is 2. The predicted molar refractivity (Wildman–Crippen MR) is 184 cm³/mol. The van der Waals surface area contributed by atoms with Gasteiger partial charge in [-0.3, -0.25) is 0 Å². The second kappa shape index (κ2) is 16.2. The number of aliphatic hydroxyl groups excluding tert-OH is 2. The zero-order chi connectivity index (χ0) is 31.5. The molecule has 0 aromatic heterocycles. The third-order valence-electron chi connectivity index (χ3n) is 8.51. The van der Waals surface area contributed by atoms with Crippen LogP contribution in [0.15, 0.2) is 117 Å². The summed E-state index contributed by atoms with van der Waals surface area (Å²) in [6.07, 6.45) is 31.2. The second-order valence-electron chi connectivity index (χ2n) is 14.0. The van der Waals surface area contributed by atoms with Gasteiger partial charge in [-0.1, -0.05) is 134 Å². The summed E-state index contributed by atoms with van der Waals surface area (Å²) in [5.41, 5.74) is 10.3. The maximum atomic E-state index is 10.1. The Balaban J connectivity index is 1.84. The minimum Gasteiger partial charge on any atom is -0.393 e. The van der Waals surface area contributed by atoms with Crippen molar-refractivity contribution < 1.29 is 10.2 Å². The summed E-state index contributed by atoms with van der Waals surface area (Å²) in [6, 6.07) is 0. The van der Waals surface area contributed by atoms with Crippen molar-refractivity contribution in [1.82, 2.24) is 0 Å². The molecule has 0 radical (unpaired) electrons. The first-order valence-electron chi connectivity index (χ1n) is 15.8. The Morgan fingerprint density at radius 2 is 0.976 bits per heavy atom. The summed E-state index contributed by atoms with van der Waals surface area (Å²) in [7, 11) is 0. The molecule has 0 heterocycles. The topological polar surface area (TPSA) is 40.5 Å². The first kappa shape index (κ1) is 35.5. The van der Waals surface area contributed by atoms with Crippen LogP contribution in [0.25, 0.3) is 0 Å². The molecule has 0 aromatic carbocycles. The summed E-state index contributed by atoms with van der Waals surface area (Å²) in [6.45, 7) is 21.8. The average molecular weight is 571 g/mol. The fourth-order valence-corrected chi connectivity index (χ4v) is 6.36. The molecule has 0 fully saturated rings. The van der Waals surface area contributed by atoms with Crippen LogP contribution >= 0.6 is 0 Å². The molecule has 0 spiro atoms. The minimum atomic E-state index is -0.221. The lowest BCUT2D eigenvalue weighted by Crippen LogP contribution is -2.28. The highest BCUT2D eigenvalue weighted by molar-refractivity contribution is 5.39. The molecule has 0 bridgehead atoms. The van der Waals surface area contributed by atoms with Crippen molar-refractivity contribution in [3.63, 3.8) is 0 Å². The van der Waals surface area contributed by atoms with Gasteiger partial charge >= 0.3 is 0 Å². The molecule has 230 valence electrons. The summed E-state index contributed by atoms with van der Waals surface area (Å²) < 4.78 is 0. The number of hydrogen-bond acceptors (Lipinski definition) is 2. The third kappa shape index (κ3) is 11.9. The van der Waals surface area contributed by atoms with E-state index in [1.54, 1.807) is 0 Å². The lowest BCUT2D eigenvalue weighted by Gasteiger charge is -2.35. The largest absolute Gasteiger partial charge is 0.393 e. The molecule has 2 atom stereocenters.